The fourth-order valence-electron chi connectivity index (χ4n) is 2.36. The Hall–Kier alpha value is -2.74. The summed E-state index contributed by atoms with van der Waals surface area (Å²) in [4.78, 5) is 41.5. The maximum atomic E-state index is 12.4. The first-order chi connectivity index (χ1) is 11.0. The number of anilines is 1. The topological polar surface area (TPSA) is 86.0 Å². The molecule has 3 aromatic rings. The molecule has 0 unspecified atom stereocenters. The maximum absolute atomic E-state index is 12.4. The van der Waals surface area contributed by atoms with Gasteiger partial charge in [-0.3, -0.25) is 18.7 Å². The van der Waals surface area contributed by atoms with Crippen molar-refractivity contribution < 1.29 is 4.79 Å². The smallest absolute Gasteiger partial charge is 0.325 e. The number of hydrogen-bond acceptors (Lipinski definition) is 5. The van der Waals surface area contributed by atoms with Gasteiger partial charge in [-0.05, 0) is 17.5 Å². The minimum Gasteiger partial charge on any atom is -0.325 e. The van der Waals surface area contributed by atoms with Gasteiger partial charge in [-0.1, -0.05) is 6.07 Å². The van der Waals surface area contributed by atoms with Crippen LogP contribution in [0.5, 0.6) is 0 Å². The molecule has 0 aliphatic rings. The molecule has 0 bridgehead atoms. The van der Waals surface area contributed by atoms with Crippen LogP contribution in [-0.4, -0.2) is 20.0 Å². The molecule has 0 aliphatic carbocycles. The molecule has 1 amide bonds. The highest BCUT2D eigenvalue weighted by molar-refractivity contribution is 7.10. The van der Waals surface area contributed by atoms with E-state index >= 15 is 0 Å². The quantitative estimate of drug-likeness (QED) is 0.772. The van der Waals surface area contributed by atoms with Crippen LogP contribution in [0.4, 0.5) is 5.69 Å². The first-order valence-corrected chi connectivity index (χ1v) is 7.74. The van der Waals surface area contributed by atoms with Crippen LogP contribution in [0.1, 0.15) is 4.88 Å². The zero-order chi connectivity index (χ0) is 16.6. The van der Waals surface area contributed by atoms with Gasteiger partial charge in [-0.25, -0.2) is 9.78 Å². The fraction of sp³-hybridized carbons (Fsp3) is 0.200. The molecule has 0 spiro atoms. The van der Waals surface area contributed by atoms with Crippen molar-refractivity contribution in [1.82, 2.24) is 14.1 Å². The van der Waals surface area contributed by atoms with Crippen LogP contribution < -0.4 is 16.6 Å². The summed E-state index contributed by atoms with van der Waals surface area (Å²) < 4.78 is 2.28. The van der Waals surface area contributed by atoms with Crippen molar-refractivity contribution >= 4 is 34.0 Å². The number of fused-ring (bicyclic) bond motifs is 1. The van der Waals surface area contributed by atoms with Gasteiger partial charge in [-0.2, -0.15) is 0 Å². The third-order valence-corrected chi connectivity index (χ3v) is 4.41. The monoisotopic (exact) mass is 330 g/mol. The van der Waals surface area contributed by atoms with Gasteiger partial charge in [0, 0.05) is 25.2 Å². The van der Waals surface area contributed by atoms with E-state index in [1.807, 2.05) is 17.5 Å². The largest absolute Gasteiger partial charge is 0.332 e. The minimum absolute atomic E-state index is 0.219. The Morgan fingerprint density at radius 1 is 1.26 bits per heavy atom. The molecule has 3 aromatic heterocycles. The number of hydrogen-bond donors (Lipinski definition) is 1. The van der Waals surface area contributed by atoms with Crippen LogP contribution in [-0.2, 0) is 25.3 Å². The van der Waals surface area contributed by atoms with Gasteiger partial charge in [-0.15, -0.1) is 11.3 Å². The summed E-state index contributed by atoms with van der Waals surface area (Å²) in [5.74, 6) is -0.226. The molecule has 8 heteroatoms. The molecule has 0 radical (unpaired) electrons. The van der Waals surface area contributed by atoms with Crippen LogP contribution in [0, 0.1) is 0 Å². The number of carbonyl (C=O) groups excluding carboxylic acids is 1. The maximum Gasteiger partial charge on any atom is 0.332 e. The van der Waals surface area contributed by atoms with Crippen molar-refractivity contribution in [3.05, 3.63) is 55.5 Å². The minimum atomic E-state index is -0.484. The fourth-order valence-corrected chi connectivity index (χ4v) is 3.06. The number of pyridine rings is 1. The Morgan fingerprint density at radius 3 is 2.74 bits per heavy atom. The summed E-state index contributed by atoms with van der Waals surface area (Å²) >= 11 is 1.49. The highest BCUT2D eigenvalue weighted by Crippen LogP contribution is 2.17. The molecule has 1 N–H and O–H groups in total. The van der Waals surface area contributed by atoms with Crippen molar-refractivity contribution in [2.45, 2.75) is 6.42 Å². The van der Waals surface area contributed by atoms with E-state index < -0.39 is 11.2 Å². The third kappa shape index (κ3) is 2.68. The molecule has 3 rings (SSSR count). The molecule has 118 valence electrons. The highest BCUT2D eigenvalue weighted by atomic mass is 32.1. The van der Waals surface area contributed by atoms with E-state index in [-0.39, 0.29) is 23.4 Å². The van der Waals surface area contributed by atoms with Crippen molar-refractivity contribution in [3.63, 3.8) is 0 Å². The average Bonchev–Trinajstić information content (AvgIpc) is 3.03. The lowest BCUT2D eigenvalue weighted by atomic mass is 10.2. The predicted octanol–water partition coefficient (Wildman–Crippen LogP) is 0.875. The van der Waals surface area contributed by atoms with Crippen LogP contribution >= 0.6 is 11.3 Å². The lowest BCUT2D eigenvalue weighted by molar-refractivity contribution is -0.115. The number of nitrogens with zero attached hydrogens (tertiary/aromatic N) is 3. The molecule has 0 fully saturated rings. The molecule has 7 nitrogen and oxygen atoms in total. The van der Waals surface area contributed by atoms with E-state index in [2.05, 4.69) is 10.3 Å². The summed E-state index contributed by atoms with van der Waals surface area (Å²) in [5, 5.41) is 4.85. The second-order valence-corrected chi connectivity index (χ2v) is 6.10. The number of aryl methyl sites for hydroxylation is 1. The van der Waals surface area contributed by atoms with Crippen LogP contribution in [0.15, 0.2) is 39.4 Å². The number of aromatic nitrogens is 3. The number of thiophene rings is 1. The van der Waals surface area contributed by atoms with Crippen molar-refractivity contribution in [2.75, 3.05) is 5.32 Å². The zero-order valence-corrected chi connectivity index (χ0v) is 13.4. The van der Waals surface area contributed by atoms with Gasteiger partial charge in [0.1, 0.15) is 5.39 Å². The van der Waals surface area contributed by atoms with Gasteiger partial charge in [0.05, 0.1) is 12.1 Å². The van der Waals surface area contributed by atoms with Gasteiger partial charge in [0.2, 0.25) is 5.91 Å². The van der Waals surface area contributed by atoms with Crippen molar-refractivity contribution in [3.8, 4) is 0 Å². The van der Waals surface area contributed by atoms with E-state index in [0.717, 1.165) is 9.44 Å². The van der Waals surface area contributed by atoms with Crippen molar-refractivity contribution in [1.29, 1.82) is 0 Å². The van der Waals surface area contributed by atoms with Gasteiger partial charge < -0.3 is 5.32 Å². The third-order valence-electron chi connectivity index (χ3n) is 3.53. The van der Waals surface area contributed by atoms with E-state index in [0.29, 0.717) is 5.69 Å². The van der Waals surface area contributed by atoms with E-state index in [9.17, 15) is 14.4 Å². The molecule has 23 heavy (non-hydrogen) atoms. The first-order valence-electron chi connectivity index (χ1n) is 6.86. The first kappa shape index (κ1) is 15.2. The normalized spacial score (nSPS) is 10.9. The highest BCUT2D eigenvalue weighted by Gasteiger charge is 2.15. The predicted molar refractivity (Wildman–Crippen MR) is 88.9 cm³/mol. The molecule has 0 aliphatic heterocycles. The van der Waals surface area contributed by atoms with Gasteiger partial charge in [0.25, 0.3) is 5.56 Å². The number of nitrogens with one attached hydrogen (secondary N) is 1. The standard InChI is InChI=1S/C15H14N4O3S/c1-18-13-12(14(21)19(2)15(18)22)10(5-6-16-13)17-11(20)8-9-4-3-7-23-9/h3-7H,8H2,1-2H3,(H,16,17,20). The Kier molecular flexibility index (Phi) is 3.83. The molecule has 3 heterocycles. The van der Waals surface area contributed by atoms with E-state index in [1.165, 1.54) is 36.2 Å². The van der Waals surface area contributed by atoms with Crippen LogP contribution in [0.2, 0.25) is 0 Å². The molecule has 0 saturated heterocycles. The van der Waals surface area contributed by atoms with Gasteiger partial charge >= 0.3 is 5.69 Å². The van der Waals surface area contributed by atoms with Crippen LogP contribution in [0.3, 0.4) is 0 Å². The SMILES string of the molecule is Cn1c(=O)c2c(NC(=O)Cc3cccs3)ccnc2n(C)c1=O. The summed E-state index contributed by atoms with van der Waals surface area (Å²) in [6.07, 6.45) is 1.69. The molecule has 0 atom stereocenters. The average molecular weight is 330 g/mol. The summed E-state index contributed by atoms with van der Waals surface area (Å²) in [6.45, 7) is 0. The number of amides is 1. The molecular weight excluding hydrogens is 316 g/mol. The summed E-state index contributed by atoms with van der Waals surface area (Å²) in [6, 6.07) is 5.30. The Bertz CT molecular complexity index is 1000. The molecule has 0 saturated carbocycles. The Labute approximate surface area is 134 Å². The summed E-state index contributed by atoms with van der Waals surface area (Å²) in [7, 11) is 2.93. The van der Waals surface area contributed by atoms with Crippen molar-refractivity contribution in [2.24, 2.45) is 14.1 Å². The Morgan fingerprint density at radius 2 is 2.04 bits per heavy atom. The van der Waals surface area contributed by atoms with Crippen LogP contribution in [0.25, 0.3) is 11.0 Å². The van der Waals surface area contributed by atoms with E-state index in [1.54, 1.807) is 6.07 Å². The number of carbonyl (C=O) groups is 1. The van der Waals surface area contributed by atoms with E-state index in [4.69, 9.17) is 0 Å². The molecular formula is C15H14N4O3S. The lowest BCUT2D eigenvalue weighted by Crippen LogP contribution is -2.37. The molecule has 0 aromatic carbocycles. The lowest BCUT2D eigenvalue weighted by Gasteiger charge is -2.11. The summed E-state index contributed by atoms with van der Waals surface area (Å²) in [5.41, 5.74) is -0.348. The second kappa shape index (κ2) is 5.81. The Balaban J connectivity index is 2.06. The number of rotatable bonds is 3. The zero-order valence-electron chi connectivity index (χ0n) is 12.6. The van der Waals surface area contributed by atoms with Gasteiger partial charge in [0.15, 0.2) is 5.65 Å². The second-order valence-electron chi connectivity index (χ2n) is 5.07.